The Labute approximate surface area is 160 Å². The Balaban J connectivity index is 1.73. The number of piperazine rings is 1. The second kappa shape index (κ2) is 8.38. The number of nitrogens with zero attached hydrogens (tertiary/aromatic N) is 3. The molecule has 0 atom stereocenters. The summed E-state index contributed by atoms with van der Waals surface area (Å²) in [7, 11) is 1.26. The highest BCUT2D eigenvalue weighted by molar-refractivity contribution is 5.91. The fraction of sp³-hybridized carbons (Fsp3) is 0.263. The first-order valence-corrected chi connectivity index (χ1v) is 8.62. The van der Waals surface area contributed by atoms with E-state index in [9.17, 15) is 19.7 Å². The van der Waals surface area contributed by atoms with E-state index in [1.54, 1.807) is 29.2 Å². The molecule has 1 aliphatic rings. The molecule has 9 heteroatoms. The van der Waals surface area contributed by atoms with Gasteiger partial charge in [-0.3, -0.25) is 14.9 Å². The zero-order valence-electron chi connectivity index (χ0n) is 15.2. The van der Waals surface area contributed by atoms with E-state index in [4.69, 9.17) is 4.42 Å². The summed E-state index contributed by atoms with van der Waals surface area (Å²) in [5.74, 6) is -0.451. The van der Waals surface area contributed by atoms with Crippen molar-refractivity contribution in [3.63, 3.8) is 0 Å². The first kappa shape index (κ1) is 19.2. The van der Waals surface area contributed by atoms with Crippen LogP contribution < -0.4 is 4.90 Å². The highest BCUT2D eigenvalue weighted by atomic mass is 16.6. The molecule has 1 aromatic heterocycles. The number of furan rings is 1. The van der Waals surface area contributed by atoms with E-state index >= 15 is 0 Å². The lowest BCUT2D eigenvalue weighted by atomic mass is 10.1. The number of esters is 1. The maximum absolute atomic E-state index is 12.3. The van der Waals surface area contributed by atoms with E-state index in [1.807, 2.05) is 4.90 Å². The van der Waals surface area contributed by atoms with Gasteiger partial charge in [0.05, 0.1) is 18.3 Å². The van der Waals surface area contributed by atoms with Gasteiger partial charge in [0.1, 0.15) is 5.69 Å². The molecule has 28 heavy (non-hydrogen) atoms. The largest absolute Gasteiger partial charge is 0.466 e. The Morgan fingerprint density at radius 1 is 1.21 bits per heavy atom. The van der Waals surface area contributed by atoms with Crippen molar-refractivity contribution >= 4 is 29.3 Å². The fourth-order valence-corrected chi connectivity index (χ4v) is 3.00. The molecule has 0 spiro atoms. The third kappa shape index (κ3) is 4.20. The van der Waals surface area contributed by atoms with Gasteiger partial charge in [-0.25, -0.2) is 4.79 Å². The van der Waals surface area contributed by atoms with Gasteiger partial charge >= 0.3 is 5.97 Å². The topological polar surface area (TPSA) is 106 Å². The Bertz CT molecular complexity index is 898. The molecule has 0 N–H and O–H groups in total. The molecule has 9 nitrogen and oxygen atoms in total. The number of hydrogen-bond acceptors (Lipinski definition) is 7. The molecule has 1 amide bonds. The van der Waals surface area contributed by atoms with Crippen molar-refractivity contribution in [1.82, 2.24) is 4.90 Å². The Kier molecular flexibility index (Phi) is 5.73. The molecule has 0 saturated carbocycles. The number of rotatable bonds is 5. The number of benzene rings is 1. The molecular formula is C19H19N3O6. The fourth-order valence-electron chi connectivity index (χ4n) is 3.00. The molecule has 0 unspecified atom stereocenters. The van der Waals surface area contributed by atoms with Crippen LogP contribution in [0.15, 0.2) is 47.1 Å². The average Bonchev–Trinajstić information content (AvgIpc) is 3.26. The molecule has 1 fully saturated rings. The summed E-state index contributed by atoms with van der Waals surface area (Å²) >= 11 is 0. The Morgan fingerprint density at radius 3 is 2.57 bits per heavy atom. The van der Waals surface area contributed by atoms with Gasteiger partial charge in [0.2, 0.25) is 0 Å². The second-order valence-electron chi connectivity index (χ2n) is 6.12. The van der Waals surface area contributed by atoms with Crippen molar-refractivity contribution in [2.24, 2.45) is 0 Å². The SMILES string of the molecule is COC(=O)/C=C/c1ccc(N2CCN(C(=O)c3ccco3)CC2)c([N+](=O)[O-])c1. The quantitative estimate of drug-likeness (QED) is 0.336. The van der Waals surface area contributed by atoms with Gasteiger partial charge in [-0.2, -0.15) is 0 Å². The van der Waals surface area contributed by atoms with Crippen LogP contribution in [0, 0.1) is 10.1 Å². The molecule has 2 heterocycles. The van der Waals surface area contributed by atoms with Crippen LogP contribution >= 0.6 is 0 Å². The first-order valence-electron chi connectivity index (χ1n) is 8.62. The molecule has 1 saturated heterocycles. The van der Waals surface area contributed by atoms with Gasteiger partial charge in [0, 0.05) is 38.3 Å². The first-order chi connectivity index (χ1) is 13.5. The number of amides is 1. The minimum absolute atomic E-state index is 0.0576. The summed E-state index contributed by atoms with van der Waals surface area (Å²) in [6, 6.07) is 8.03. The monoisotopic (exact) mass is 385 g/mol. The summed E-state index contributed by atoms with van der Waals surface area (Å²) in [4.78, 5) is 38.1. The minimum Gasteiger partial charge on any atom is -0.466 e. The Hall–Kier alpha value is -3.62. The number of carbonyl (C=O) groups excluding carboxylic acids is 2. The molecule has 0 bridgehead atoms. The highest BCUT2D eigenvalue weighted by Crippen LogP contribution is 2.30. The zero-order chi connectivity index (χ0) is 20.1. The summed E-state index contributed by atoms with van der Waals surface area (Å²) in [5, 5.41) is 11.5. The highest BCUT2D eigenvalue weighted by Gasteiger charge is 2.27. The van der Waals surface area contributed by atoms with Gasteiger partial charge < -0.3 is 19.0 Å². The predicted octanol–water partition coefficient (Wildman–Crippen LogP) is 2.34. The lowest BCUT2D eigenvalue weighted by molar-refractivity contribution is -0.384. The number of ether oxygens (including phenoxy) is 1. The molecule has 1 aliphatic heterocycles. The Morgan fingerprint density at radius 2 is 1.96 bits per heavy atom. The van der Waals surface area contributed by atoms with Crippen molar-refractivity contribution in [3.05, 3.63) is 64.1 Å². The molecule has 1 aromatic carbocycles. The lowest BCUT2D eigenvalue weighted by Gasteiger charge is -2.35. The summed E-state index contributed by atoms with van der Waals surface area (Å²) in [6.07, 6.45) is 4.11. The van der Waals surface area contributed by atoms with Crippen LogP contribution in [0.1, 0.15) is 16.1 Å². The molecule has 3 rings (SSSR count). The number of anilines is 1. The van der Waals surface area contributed by atoms with Gasteiger partial charge in [-0.05, 0) is 29.8 Å². The number of nitro groups is 1. The molecule has 0 radical (unpaired) electrons. The number of nitro benzene ring substituents is 1. The van der Waals surface area contributed by atoms with Crippen molar-refractivity contribution in [2.45, 2.75) is 0 Å². The van der Waals surface area contributed by atoms with E-state index < -0.39 is 10.9 Å². The molecular weight excluding hydrogens is 366 g/mol. The van der Waals surface area contributed by atoms with E-state index in [1.165, 1.54) is 31.6 Å². The van der Waals surface area contributed by atoms with E-state index in [0.29, 0.717) is 37.4 Å². The van der Waals surface area contributed by atoms with Crippen LogP contribution in [0.2, 0.25) is 0 Å². The van der Waals surface area contributed by atoms with Crippen molar-refractivity contribution < 1.29 is 23.7 Å². The second-order valence-corrected chi connectivity index (χ2v) is 6.12. The van der Waals surface area contributed by atoms with Gasteiger partial charge in [-0.1, -0.05) is 6.07 Å². The van der Waals surface area contributed by atoms with E-state index in [0.717, 1.165) is 0 Å². The van der Waals surface area contributed by atoms with Crippen LogP contribution in [-0.2, 0) is 9.53 Å². The number of carbonyl (C=O) groups is 2. The van der Waals surface area contributed by atoms with Crippen molar-refractivity contribution in [2.75, 3.05) is 38.2 Å². The van der Waals surface area contributed by atoms with Gasteiger partial charge in [0.25, 0.3) is 11.6 Å². The van der Waals surface area contributed by atoms with Crippen LogP contribution in [0.5, 0.6) is 0 Å². The van der Waals surface area contributed by atoms with Crippen molar-refractivity contribution in [3.8, 4) is 0 Å². The van der Waals surface area contributed by atoms with E-state index in [2.05, 4.69) is 4.74 Å². The summed E-state index contributed by atoms with van der Waals surface area (Å²) < 4.78 is 9.66. The summed E-state index contributed by atoms with van der Waals surface area (Å²) in [6.45, 7) is 1.79. The standard InChI is InChI=1S/C19H19N3O6/c1-27-18(23)7-5-14-4-6-15(16(13-14)22(25)26)20-8-10-21(11-9-20)19(24)17-3-2-12-28-17/h2-7,12-13H,8-11H2,1H3/b7-5+. The zero-order valence-corrected chi connectivity index (χ0v) is 15.2. The predicted molar refractivity (Wildman–Crippen MR) is 101 cm³/mol. The molecule has 2 aromatic rings. The molecule has 146 valence electrons. The minimum atomic E-state index is -0.538. The summed E-state index contributed by atoms with van der Waals surface area (Å²) in [5.41, 5.74) is 0.940. The average molecular weight is 385 g/mol. The van der Waals surface area contributed by atoms with Crippen LogP contribution in [-0.4, -0.2) is 55.0 Å². The van der Waals surface area contributed by atoms with Crippen molar-refractivity contribution in [1.29, 1.82) is 0 Å². The van der Waals surface area contributed by atoms with Crippen LogP contribution in [0.3, 0.4) is 0 Å². The third-order valence-electron chi connectivity index (χ3n) is 4.45. The smallest absolute Gasteiger partial charge is 0.330 e. The third-order valence-corrected chi connectivity index (χ3v) is 4.45. The maximum Gasteiger partial charge on any atom is 0.330 e. The van der Waals surface area contributed by atoms with Gasteiger partial charge in [-0.15, -0.1) is 0 Å². The maximum atomic E-state index is 12.3. The number of methoxy groups -OCH3 is 1. The van der Waals surface area contributed by atoms with E-state index in [-0.39, 0.29) is 17.4 Å². The number of hydrogen-bond donors (Lipinski definition) is 0. The van der Waals surface area contributed by atoms with Crippen LogP contribution in [0.4, 0.5) is 11.4 Å². The van der Waals surface area contributed by atoms with Gasteiger partial charge in [0.15, 0.2) is 5.76 Å². The van der Waals surface area contributed by atoms with Crippen LogP contribution in [0.25, 0.3) is 6.08 Å². The molecule has 0 aliphatic carbocycles. The normalized spacial score (nSPS) is 14.3. The lowest BCUT2D eigenvalue weighted by Crippen LogP contribution is -2.48.